The molecule has 0 aromatic heterocycles. The molecule has 1 saturated heterocycles. The van der Waals surface area contributed by atoms with E-state index in [4.69, 9.17) is 4.74 Å². The van der Waals surface area contributed by atoms with Crippen molar-refractivity contribution in [2.24, 2.45) is 0 Å². The molecule has 0 bridgehead atoms. The van der Waals surface area contributed by atoms with E-state index in [1.54, 1.807) is 0 Å². The van der Waals surface area contributed by atoms with Gasteiger partial charge in [-0.2, -0.15) is 0 Å². The average Bonchev–Trinajstić information content (AvgIpc) is 2.39. The molecule has 1 aromatic rings. The number of morpholine rings is 1. The highest BCUT2D eigenvalue weighted by molar-refractivity contribution is 5.49. The van der Waals surface area contributed by atoms with E-state index in [0.29, 0.717) is 12.0 Å². The van der Waals surface area contributed by atoms with Crippen molar-refractivity contribution >= 4 is 5.69 Å². The number of ether oxygens (including phenoxy) is 1. The fourth-order valence-corrected chi connectivity index (χ4v) is 2.28. The summed E-state index contributed by atoms with van der Waals surface area (Å²) >= 11 is 0. The summed E-state index contributed by atoms with van der Waals surface area (Å²) in [6.45, 7) is 9.57. The van der Waals surface area contributed by atoms with E-state index in [0.717, 1.165) is 26.1 Å². The van der Waals surface area contributed by atoms with Crippen molar-refractivity contribution in [3.63, 3.8) is 0 Å². The normalized spacial score (nSPS) is 20.9. The average molecular weight is 233 g/mol. The number of hydrogen-bond donors (Lipinski definition) is 0. The summed E-state index contributed by atoms with van der Waals surface area (Å²) in [6, 6.07) is 8.92. The molecule has 2 nitrogen and oxygen atoms in total. The van der Waals surface area contributed by atoms with Crippen molar-refractivity contribution in [3.8, 4) is 0 Å². The zero-order valence-corrected chi connectivity index (χ0v) is 11.1. The van der Waals surface area contributed by atoms with Crippen LogP contribution in [0.4, 0.5) is 5.69 Å². The van der Waals surface area contributed by atoms with Crippen molar-refractivity contribution in [1.29, 1.82) is 0 Å². The molecule has 0 saturated carbocycles. The summed E-state index contributed by atoms with van der Waals surface area (Å²) in [5, 5.41) is 0. The molecule has 2 rings (SSSR count). The van der Waals surface area contributed by atoms with Crippen LogP contribution >= 0.6 is 0 Å². The lowest BCUT2D eigenvalue weighted by atomic mass is 10.0. The monoisotopic (exact) mass is 233 g/mol. The van der Waals surface area contributed by atoms with Gasteiger partial charge in [-0.05, 0) is 30.0 Å². The SMILES string of the molecule is CCC1CN(c2cccc(C(C)C)c2)CCO1. The zero-order chi connectivity index (χ0) is 12.3. The van der Waals surface area contributed by atoms with Crippen LogP contribution in [0.3, 0.4) is 0 Å². The zero-order valence-electron chi connectivity index (χ0n) is 11.1. The molecule has 0 N–H and O–H groups in total. The smallest absolute Gasteiger partial charge is 0.0748 e. The molecule has 0 amide bonds. The molecule has 0 radical (unpaired) electrons. The fourth-order valence-electron chi connectivity index (χ4n) is 2.28. The summed E-state index contributed by atoms with van der Waals surface area (Å²) in [7, 11) is 0. The molecule has 1 fully saturated rings. The molecule has 94 valence electrons. The largest absolute Gasteiger partial charge is 0.375 e. The van der Waals surface area contributed by atoms with Gasteiger partial charge in [-0.3, -0.25) is 0 Å². The Morgan fingerprint density at radius 2 is 2.24 bits per heavy atom. The number of anilines is 1. The molecular formula is C15H23NO. The third-order valence-electron chi connectivity index (χ3n) is 3.50. The minimum Gasteiger partial charge on any atom is -0.375 e. The first-order valence-electron chi connectivity index (χ1n) is 6.67. The molecule has 2 heteroatoms. The maximum atomic E-state index is 5.71. The predicted octanol–water partition coefficient (Wildman–Crippen LogP) is 3.43. The fraction of sp³-hybridized carbons (Fsp3) is 0.600. The van der Waals surface area contributed by atoms with E-state index >= 15 is 0 Å². The van der Waals surface area contributed by atoms with Gasteiger partial charge >= 0.3 is 0 Å². The number of benzene rings is 1. The minimum atomic E-state index is 0.395. The molecule has 17 heavy (non-hydrogen) atoms. The highest BCUT2D eigenvalue weighted by Gasteiger charge is 2.19. The Labute approximate surface area is 105 Å². The van der Waals surface area contributed by atoms with Gasteiger partial charge in [0.1, 0.15) is 0 Å². The molecule has 0 aliphatic carbocycles. The predicted molar refractivity (Wildman–Crippen MR) is 72.8 cm³/mol. The lowest BCUT2D eigenvalue weighted by molar-refractivity contribution is 0.0384. The van der Waals surface area contributed by atoms with Gasteiger partial charge in [-0.25, -0.2) is 0 Å². The van der Waals surface area contributed by atoms with Crippen molar-refractivity contribution in [2.75, 3.05) is 24.6 Å². The molecular weight excluding hydrogens is 210 g/mol. The molecule has 1 aromatic carbocycles. The van der Waals surface area contributed by atoms with Gasteiger partial charge in [0.25, 0.3) is 0 Å². The second-order valence-electron chi connectivity index (χ2n) is 5.10. The van der Waals surface area contributed by atoms with Crippen LogP contribution in [0.2, 0.25) is 0 Å². The van der Waals surface area contributed by atoms with Crippen LogP contribution in [-0.4, -0.2) is 25.8 Å². The first kappa shape index (κ1) is 12.4. The Morgan fingerprint density at radius 3 is 2.94 bits per heavy atom. The van der Waals surface area contributed by atoms with Crippen molar-refractivity contribution in [3.05, 3.63) is 29.8 Å². The topological polar surface area (TPSA) is 12.5 Å². The molecule has 1 unspecified atom stereocenters. The third-order valence-corrected chi connectivity index (χ3v) is 3.50. The second-order valence-corrected chi connectivity index (χ2v) is 5.10. The van der Waals surface area contributed by atoms with Gasteiger partial charge in [-0.15, -0.1) is 0 Å². The molecule has 1 atom stereocenters. The summed E-state index contributed by atoms with van der Waals surface area (Å²) in [5.41, 5.74) is 2.76. The summed E-state index contributed by atoms with van der Waals surface area (Å²) in [5.74, 6) is 0.595. The minimum absolute atomic E-state index is 0.395. The van der Waals surface area contributed by atoms with Gasteiger partial charge in [0.15, 0.2) is 0 Å². The van der Waals surface area contributed by atoms with Crippen molar-refractivity contribution in [1.82, 2.24) is 0 Å². The van der Waals surface area contributed by atoms with Crippen LogP contribution < -0.4 is 4.90 Å². The number of hydrogen-bond acceptors (Lipinski definition) is 2. The maximum absolute atomic E-state index is 5.71. The lowest BCUT2D eigenvalue weighted by Crippen LogP contribution is -2.42. The van der Waals surface area contributed by atoms with Crippen LogP contribution in [-0.2, 0) is 4.74 Å². The van der Waals surface area contributed by atoms with Gasteiger partial charge in [0.05, 0.1) is 12.7 Å². The first-order chi connectivity index (χ1) is 8.20. The summed E-state index contributed by atoms with van der Waals surface area (Å²) in [4.78, 5) is 2.45. The van der Waals surface area contributed by atoms with Crippen LogP contribution in [0.5, 0.6) is 0 Å². The Kier molecular flexibility index (Phi) is 4.06. The summed E-state index contributed by atoms with van der Waals surface area (Å²) < 4.78 is 5.71. The third kappa shape index (κ3) is 3.01. The van der Waals surface area contributed by atoms with E-state index in [1.807, 2.05) is 0 Å². The Morgan fingerprint density at radius 1 is 1.41 bits per heavy atom. The van der Waals surface area contributed by atoms with Crippen LogP contribution in [0.15, 0.2) is 24.3 Å². The van der Waals surface area contributed by atoms with Crippen LogP contribution in [0.1, 0.15) is 38.7 Å². The van der Waals surface area contributed by atoms with Gasteiger partial charge in [-0.1, -0.05) is 32.9 Å². The molecule has 1 heterocycles. The second kappa shape index (κ2) is 5.54. The Balaban J connectivity index is 2.13. The van der Waals surface area contributed by atoms with Gasteiger partial charge in [0.2, 0.25) is 0 Å². The van der Waals surface area contributed by atoms with E-state index in [1.165, 1.54) is 11.3 Å². The highest BCUT2D eigenvalue weighted by atomic mass is 16.5. The van der Waals surface area contributed by atoms with Gasteiger partial charge in [0, 0.05) is 18.8 Å². The number of nitrogens with zero attached hydrogens (tertiary/aromatic N) is 1. The van der Waals surface area contributed by atoms with Crippen LogP contribution in [0.25, 0.3) is 0 Å². The first-order valence-corrected chi connectivity index (χ1v) is 6.67. The van der Waals surface area contributed by atoms with E-state index in [2.05, 4.69) is 49.9 Å². The van der Waals surface area contributed by atoms with Crippen molar-refractivity contribution in [2.45, 2.75) is 39.2 Å². The summed E-state index contributed by atoms with van der Waals surface area (Å²) in [6.07, 6.45) is 1.49. The number of rotatable bonds is 3. The molecule has 1 aliphatic rings. The van der Waals surface area contributed by atoms with E-state index in [9.17, 15) is 0 Å². The standard InChI is InChI=1S/C15H23NO/c1-4-15-11-16(8-9-17-15)14-7-5-6-13(10-14)12(2)3/h5-7,10,12,15H,4,8-9,11H2,1-3H3. The molecule has 1 aliphatic heterocycles. The van der Waals surface area contributed by atoms with Gasteiger partial charge < -0.3 is 9.64 Å². The van der Waals surface area contributed by atoms with E-state index in [-0.39, 0.29) is 0 Å². The Bertz CT molecular complexity index is 362. The Hall–Kier alpha value is -1.02. The highest BCUT2D eigenvalue weighted by Crippen LogP contribution is 2.23. The molecule has 0 spiro atoms. The lowest BCUT2D eigenvalue weighted by Gasteiger charge is -2.34. The quantitative estimate of drug-likeness (QED) is 0.793. The van der Waals surface area contributed by atoms with Crippen molar-refractivity contribution < 1.29 is 4.74 Å². The van der Waals surface area contributed by atoms with E-state index < -0.39 is 0 Å². The maximum Gasteiger partial charge on any atom is 0.0748 e. The van der Waals surface area contributed by atoms with Crippen LogP contribution in [0, 0.1) is 0 Å².